The van der Waals surface area contributed by atoms with Crippen molar-refractivity contribution in [1.82, 2.24) is 5.32 Å². The van der Waals surface area contributed by atoms with Crippen molar-refractivity contribution in [3.05, 3.63) is 56.3 Å². The lowest BCUT2D eigenvalue weighted by Crippen LogP contribution is -2.30. The van der Waals surface area contributed by atoms with Crippen molar-refractivity contribution in [3.63, 3.8) is 0 Å². The Morgan fingerprint density at radius 1 is 1.14 bits per heavy atom. The number of halogens is 2. The molecule has 1 saturated heterocycles. The number of ether oxygens (including phenoxy) is 2. The first-order valence-electron chi connectivity index (χ1n) is 8.66. The van der Waals surface area contributed by atoms with Crippen molar-refractivity contribution >= 4 is 57.9 Å². The zero-order valence-electron chi connectivity index (χ0n) is 15.3. The van der Waals surface area contributed by atoms with Gasteiger partial charge in [-0.25, -0.2) is 9.69 Å². The molecule has 6 nitrogen and oxygen atoms in total. The molecule has 0 unspecified atom stereocenters. The van der Waals surface area contributed by atoms with Gasteiger partial charge in [0.2, 0.25) is 0 Å². The first kappa shape index (κ1) is 20.5. The van der Waals surface area contributed by atoms with Gasteiger partial charge >= 0.3 is 6.03 Å². The van der Waals surface area contributed by atoms with E-state index in [1.54, 1.807) is 36.4 Å². The van der Waals surface area contributed by atoms with Crippen LogP contribution < -0.4 is 19.7 Å². The van der Waals surface area contributed by atoms with Gasteiger partial charge in [0, 0.05) is 5.02 Å². The standard InChI is InChI=1S/C20H18ClIN2O4/c1-3-27-17-10-12(8-15(22)18(17)28-4-2)9-16-19(25)24(20(26)23-16)14-7-5-6-13(21)11-14/h5-11H,3-4H2,1-2H3,(H,23,26)/b16-9-. The van der Waals surface area contributed by atoms with Gasteiger partial charge < -0.3 is 14.8 Å². The van der Waals surface area contributed by atoms with Crippen LogP contribution >= 0.6 is 34.2 Å². The number of imide groups is 1. The van der Waals surface area contributed by atoms with Crippen molar-refractivity contribution in [2.75, 3.05) is 18.1 Å². The lowest BCUT2D eigenvalue weighted by Gasteiger charge is -2.14. The quantitative estimate of drug-likeness (QED) is 0.342. The first-order valence-corrected chi connectivity index (χ1v) is 10.1. The van der Waals surface area contributed by atoms with Crippen LogP contribution in [0.1, 0.15) is 19.4 Å². The summed E-state index contributed by atoms with van der Waals surface area (Å²) in [7, 11) is 0. The molecule has 1 heterocycles. The van der Waals surface area contributed by atoms with E-state index in [1.165, 1.54) is 0 Å². The fourth-order valence-electron chi connectivity index (χ4n) is 2.77. The molecule has 3 amide bonds. The van der Waals surface area contributed by atoms with Gasteiger partial charge in [0.25, 0.3) is 5.91 Å². The summed E-state index contributed by atoms with van der Waals surface area (Å²) in [6, 6.07) is 9.70. The molecule has 1 aliphatic heterocycles. The molecule has 1 aliphatic rings. The summed E-state index contributed by atoms with van der Waals surface area (Å²) in [5.41, 5.74) is 1.30. The zero-order chi connectivity index (χ0) is 20.3. The van der Waals surface area contributed by atoms with Crippen LogP contribution in [0, 0.1) is 3.57 Å². The second-order valence-electron chi connectivity index (χ2n) is 5.80. The molecule has 0 radical (unpaired) electrons. The molecular weight excluding hydrogens is 495 g/mol. The molecule has 2 aromatic rings. The van der Waals surface area contributed by atoms with Crippen LogP contribution in [0.4, 0.5) is 10.5 Å². The highest BCUT2D eigenvalue weighted by atomic mass is 127. The molecule has 0 aromatic heterocycles. The summed E-state index contributed by atoms with van der Waals surface area (Å²) in [6.45, 7) is 4.78. The number of benzene rings is 2. The Bertz CT molecular complexity index is 961. The van der Waals surface area contributed by atoms with Gasteiger partial charge in [0.05, 0.1) is 22.5 Å². The fraction of sp³-hybridized carbons (Fsp3) is 0.200. The van der Waals surface area contributed by atoms with Crippen LogP contribution in [-0.2, 0) is 4.79 Å². The molecule has 0 saturated carbocycles. The SMILES string of the molecule is CCOc1cc(/C=C2\NC(=O)N(c3cccc(Cl)c3)C2=O)cc(I)c1OCC. The largest absolute Gasteiger partial charge is 0.490 e. The lowest BCUT2D eigenvalue weighted by atomic mass is 10.1. The number of anilines is 1. The molecule has 0 spiro atoms. The minimum atomic E-state index is -0.524. The molecule has 8 heteroatoms. The van der Waals surface area contributed by atoms with Crippen molar-refractivity contribution in [3.8, 4) is 11.5 Å². The van der Waals surface area contributed by atoms with Crippen LogP contribution in [0.25, 0.3) is 6.08 Å². The van der Waals surface area contributed by atoms with Gasteiger partial charge in [-0.3, -0.25) is 4.79 Å². The summed E-state index contributed by atoms with van der Waals surface area (Å²) in [5, 5.41) is 3.05. The Balaban J connectivity index is 1.95. The summed E-state index contributed by atoms with van der Waals surface area (Å²) in [6.07, 6.45) is 1.62. The average molecular weight is 513 g/mol. The van der Waals surface area contributed by atoms with Crippen molar-refractivity contribution in [2.24, 2.45) is 0 Å². The van der Waals surface area contributed by atoms with Crippen molar-refractivity contribution in [2.45, 2.75) is 13.8 Å². The van der Waals surface area contributed by atoms with E-state index in [0.29, 0.717) is 41.0 Å². The molecular formula is C20H18ClIN2O4. The number of amides is 3. The van der Waals surface area contributed by atoms with E-state index in [9.17, 15) is 9.59 Å². The highest BCUT2D eigenvalue weighted by molar-refractivity contribution is 14.1. The minimum Gasteiger partial charge on any atom is -0.490 e. The Hall–Kier alpha value is -2.26. The van der Waals surface area contributed by atoms with Crippen molar-refractivity contribution < 1.29 is 19.1 Å². The fourth-order valence-corrected chi connectivity index (χ4v) is 3.74. The topological polar surface area (TPSA) is 67.9 Å². The van der Waals surface area contributed by atoms with E-state index < -0.39 is 11.9 Å². The highest BCUT2D eigenvalue weighted by Crippen LogP contribution is 2.35. The number of carbonyl (C=O) groups excluding carboxylic acids is 2. The molecule has 0 bridgehead atoms. The maximum absolute atomic E-state index is 12.8. The van der Waals surface area contributed by atoms with Gasteiger partial charge in [-0.2, -0.15) is 0 Å². The summed E-state index contributed by atoms with van der Waals surface area (Å²) >= 11 is 8.13. The van der Waals surface area contributed by atoms with Crippen LogP contribution in [0.3, 0.4) is 0 Å². The maximum Gasteiger partial charge on any atom is 0.333 e. The van der Waals surface area contributed by atoms with Crippen LogP contribution in [0.5, 0.6) is 11.5 Å². The number of nitrogens with one attached hydrogen (secondary N) is 1. The minimum absolute atomic E-state index is 0.174. The monoisotopic (exact) mass is 512 g/mol. The van der Waals surface area contributed by atoms with E-state index in [-0.39, 0.29) is 5.70 Å². The van der Waals surface area contributed by atoms with Crippen molar-refractivity contribution in [1.29, 1.82) is 0 Å². The normalized spacial score (nSPS) is 15.1. The molecule has 1 N–H and O–H groups in total. The molecule has 0 aliphatic carbocycles. The number of hydrogen-bond acceptors (Lipinski definition) is 4. The van der Waals surface area contributed by atoms with E-state index in [0.717, 1.165) is 8.47 Å². The Labute approximate surface area is 181 Å². The third-order valence-electron chi connectivity index (χ3n) is 3.88. The van der Waals surface area contributed by atoms with Gasteiger partial charge in [-0.1, -0.05) is 17.7 Å². The second kappa shape index (κ2) is 8.83. The molecule has 1 fully saturated rings. The maximum atomic E-state index is 12.8. The first-order chi connectivity index (χ1) is 13.4. The molecule has 3 rings (SSSR count). The van der Waals surface area contributed by atoms with E-state index in [1.807, 2.05) is 19.9 Å². The number of carbonyl (C=O) groups is 2. The molecule has 2 aromatic carbocycles. The predicted molar refractivity (Wildman–Crippen MR) is 117 cm³/mol. The van der Waals surface area contributed by atoms with E-state index in [4.69, 9.17) is 21.1 Å². The molecule has 146 valence electrons. The third kappa shape index (κ3) is 4.25. The highest BCUT2D eigenvalue weighted by Gasteiger charge is 2.35. The summed E-state index contributed by atoms with van der Waals surface area (Å²) in [5.74, 6) is 0.801. The number of hydrogen-bond donors (Lipinski definition) is 1. The zero-order valence-corrected chi connectivity index (χ0v) is 18.2. The van der Waals surface area contributed by atoms with Crippen LogP contribution in [0.15, 0.2) is 42.1 Å². The third-order valence-corrected chi connectivity index (χ3v) is 4.91. The average Bonchev–Trinajstić information content (AvgIpc) is 2.91. The van der Waals surface area contributed by atoms with Gasteiger partial charge in [0.1, 0.15) is 5.70 Å². The Morgan fingerprint density at radius 2 is 1.89 bits per heavy atom. The summed E-state index contributed by atoms with van der Waals surface area (Å²) < 4.78 is 12.2. The van der Waals surface area contributed by atoms with E-state index >= 15 is 0 Å². The van der Waals surface area contributed by atoms with E-state index in [2.05, 4.69) is 27.9 Å². The van der Waals surface area contributed by atoms with Crippen LogP contribution in [0.2, 0.25) is 5.02 Å². The van der Waals surface area contributed by atoms with Gasteiger partial charge in [0.15, 0.2) is 11.5 Å². The number of urea groups is 1. The predicted octanol–water partition coefficient (Wildman–Crippen LogP) is 4.84. The summed E-state index contributed by atoms with van der Waals surface area (Å²) in [4.78, 5) is 26.2. The molecule has 28 heavy (non-hydrogen) atoms. The molecule has 0 atom stereocenters. The Kier molecular flexibility index (Phi) is 6.46. The second-order valence-corrected chi connectivity index (χ2v) is 7.40. The van der Waals surface area contributed by atoms with Gasteiger partial charge in [-0.05, 0) is 78.4 Å². The Morgan fingerprint density at radius 3 is 2.57 bits per heavy atom. The van der Waals surface area contributed by atoms with Gasteiger partial charge in [-0.15, -0.1) is 0 Å². The lowest BCUT2D eigenvalue weighted by molar-refractivity contribution is -0.113. The number of rotatable bonds is 6. The van der Waals surface area contributed by atoms with Crippen LogP contribution in [-0.4, -0.2) is 25.2 Å². The number of nitrogens with zero attached hydrogens (tertiary/aromatic N) is 1. The smallest absolute Gasteiger partial charge is 0.333 e.